The predicted molar refractivity (Wildman–Crippen MR) is 94.4 cm³/mol. The highest BCUT2D eigenvalue weighted by Crippen LogP contribution is 2.22. The molecule has 1 aromatic carbocycles. The van der Waals surface area contributed by atoms with Crippen LogP contribution in [0.5, 0.6) is 0 Å². The minimum atomic E-state index is 0.00782. The minimum absolute atomic E-state index is 0.00782. The molecule has 0 unspecified atom stereocenters. The molecule has 0 bridgehead atoms. The van der Waals surface area contributed by atoms with Gasteiger partial charge in [0.15, 0.2) is 0 Å². The fourth-order valence-corrected chi connectivity index (χ4v) is 2.57. The molecule has 0 saturated heterocycles. The van der Waals surface area contributed by atoms with Crippen LogP contribution < -0.4 is 0 Å². The summed E-state index contributed by atoms with van der Waals surface area (Å²) in [6, 6.07) is 7.42. The molecule has 0 radical (unpaired) electrons. The smallest absolute Gasteiger partial charge is 0.254 e. The first-order chi connectivity index (χ1) is 10.8. The third kappa shape index (κ3) is 3.64. The molecule has 0 aliphatic carbocycles. The molecule has 0 spiro atoms. The van der Waals surface area contributed by atoms with Crippen molar-refractivity contribution in [2.75, 3.05) is 13.1 Å². The first kappa shape index (κ1) is 17.3. The number of nitrogens with zero attached hydrogens (tertiary/aromatic N) is 3. The normalized spacial score (nSPS) is 10.7. The van der Waals surface area contributed by atoms with E-state index < -0.39 is 0 Å². The van der Waals surface area contributed by atoms with Gasteiger partial charge in [-0.1, -0.05) is 23.8 Å². The number of aromatic nitrogens is 2. The summed E-state index contributed by atoms with van der Waals surface area (Å²) in [6.07, 6.45) is 0. The highest BCUT2D eigenvalue weighted by Gasteiger charge is 2.15. The molecule has 2 aromatic rings. The van der Waals surface area contributed by atoms with Gasteiger partial charge in [0, 0.05) is 18.7 Å². The zero-order chi connectivity index (χ0) is 17.1. The van der Waals surface area contributed by atoms with Crippen LogP contribution in [-0.2, 0) is 0 Å². The number of benzene rings is 1. The van der Waals surface area contributed by atoms with E-state index in [1.54, 1.807) is 9.58 Å². The second kappa shape index (κ2) is 7.01. The highest BCUT2D eigenvalue weighted by atomic mass is 35.5. The van der Waals surface area contributed by atoms with Crippen molar-refractivity contribution < 1.29 is 4.79 Å². The van der Waals surface area contributed by atoms with Crippen molar-refractivity contribution in [2.45, 2.75) is 27.7 Å². The molecular formula is C18H22ClN3O. The molecule has 0 aliphatic heterocycles. The maximum absolute atomic E-state index is 12.5. The minimum Gasteiger partial charge on any atom is -0.335 e. The molecule has 1 amide bonds. The van der Waals surface area contributed by atoms with Gasteiger partial charge in [0.2, 0.25) is 0 Å². The van der Waals surface area contributed by atoms with Gasteiger partial charge < -0.3 is 4.90 Å². The summed E-state index contributed by atoms with van der Waals surface area (Å²) in [7, 11) is 0. The molecular weight excluding hydrogens is 310 g/mol. The fraction of sp³-hybridized carbons (Fsp3) is 0.333. The molecule has 4 nitrogen and oxygen atoms in total. The Morgan fingerprint density at radius 3 is 2.35 bits per heavy atom. The van der Waals surface area contributed by atoms with Gasteiger partial charge >= 0.3 is 0 Å². The van der Waals surface area contributed by atoms with Gasteiger partial charge in [-0.15, -0.1) is 0 Å². The Morgan fingerprint density at radius 1 is 1.30 bits per heavy atom. The summed E-state index contributed by atoms with van der Waals surface area (Å²) < 4.78 is 1.79. The van der Waals surface area contributed by atoms with Crippen LogP contribution in [0, 0.1) is 13.8 Å². The third-order valence-corrected chi connectivity index (χ3v) is 4.24. The largest absolute Gasteiger partial charge is 0.335 e. The number of carbonyl (C=O) groups excluding carboxylic acids is 1. The van der Waals surface area contributed by atoms with E-state index in [2.05, 4.69) is 11.7 Å². The summed E-state index contributed by atoms with van der Waals surface area (Å²) >= 11 is 6.19. The Kier molecular flexibility index (Phi) is 5.26. The average molecular weight is 332 g/mol. The van der Waals surface area contributed by atoms with E-state index in [0.29, 0.717) is 23.7 Å². The lowest BCUT2D eigenvalue weighted by Crippen LogP contribution is -2.32. The molecule has 0 N–H and O–H groups in total. The molecule has 122 valence electrons. The van der Waals surface area contributed by atoms with Crippen molar-refractivity contribution in [3.8, 4) is 5.69 Å². The van der Waals surface area contributed by atoms with Crippen molar-refractivity contribution >= 4 is 17.5 Å². The summed E-state index contributed by atoms with van der Waals surface area (Å²) in [5, 5.41) is 5.09. The molecule has 1 heterocycles. The molecule has 0 atom stereocenters. The predicted octanol–water partition coefficient (Wildman–Crippen LogP) is 4.18. The molecule has 5 heteroatoms. The van der Waals surface area contributed by atoms with Crippen LogP contribution in [0.4, 0.5) is 0 Å². The van der Waals surface area contributed by atoms with Gasteiger partial charge in [-0.25, -0.2) is 4.68 Å². The van der Waals surface area contributed by atoms with E-state index >= 15 is 0 Å². The first-order valence-corrected chi connectivity index (χ1v) is 7.98. The molecule has 1 aromatic heterocycles. The van der Waals surface area contributed by atoms with Gasteiger partial charge in [-0.2, -0.15) is 5.10 Å². The monoisotopic (exact) mass is 331 g/mol. The lowest BCUT2D eigenvalue weighted by Gasteiger charge is -2.21. The van der Waals surface area contributed by atoms with E-state index in [1.807, 2.05) is 52.0 Å². The standard InChI is InChI=1S/C18H22ClN3O/c1-6-21(11-12(2)3)18(23)15-7-9-16(10-8-15)22-14(5)17(19)13(4)20-22/h7-10H,2,6,11H2,1,3-5H3. The van der Waals surface area contributed by atoms with Crippen LogP contribution in [0.15, 0.2) is 36.4 Å². The van der Waals surface area contributed by atoms with E-state index in [1.165, 1.54) is 0 Å². The third-order valence-electron chi connectivity index (χ3n) is 3.69. The maximum Gasteiger partial charge on any atom is 0.254 e. The van der Waals surface area contributed by atoms with Crippen molar-refractivity contribution in [3.05, 3.63) is 58.4 Å². The number of hydrogen-bond donors (Lipinski definition) is 0. The lowest BCUT2D eigenvalue weighted by atomic mass is 10.1. The van der Waals surface area contributed by atoms with Crippen molar-refractivity contribution in [1.82, 2.24) is 14.7 Å². The number of likely N-dealkylation sites (N-methyl/N-ethyl adjacent to an activating group) is 1. The second-order valence-corrected chi connectivity index (χ2v) is 6.10. The topological polar surface area (TPSA) is 38.1 Å². The Bertz CT molecular complexity index is 731. The van der Waals surface area contributed by atoms with Gasteiger partial charge in [-0.3, -0.25) is 4.79 Å². The Hall–Kier alpha value is -2.07. The van der Waals surface area contributed by atoms with Gasteiger partial charge in [0.25, 0.3) is 5.91 Å². The summed E-state index contributed by atoms with van der Waals surface area (Å²) in [6.45, 7) is 12.8. The summed E-state index contributed by atoms with van der Waals surface area (Å²) in [5.41, 5.74) is 4.19. The van der Waals surface area contributed by atoms with Gasteiger partial charge in [0.05, 0.1) is 22.1 Å². The molecule has 23 heavy (non-hydrogen) atoms. The van der Waals surface area contributed by atoms with Crippen LogP contribution in [0.2, 0.25) is 5.02 Å². The van der Waals surface area contributed by atoms with E-state index in [0.717, 1.165) is 22.6 Å². The van der Waals surface area contributed by atoms with E-state index in [-0.39, 0.29) is 5.91 Å². The zero-order valence-corrected chi connectivity index (χ0v) is 14.8. The molecule has 2 rings (SSSR count). The molecule has 0 aliphatic rings. The van der Waals surface area contributed by atoms with Crippen molar-refractivity contribution in [2.24, 2.45) is 0 Å². The van der Waals surface area contributed by atoms with Gasteiger partial charge in [0.1, 0.15) is 0 Å². The number of carbonyl (C=O) groups is 1. The number of amides is 1. The van der Waals surface area contributed by atoms with Crippen molar-refractivity contribution in [1.29, 1.82) is 0 Å². The van der Waals surface area contributed by atoms with Crippen LogP contribution in [0.1, 0.15) is 35.6 Å². The van der Waals surface area contributed by atoms with Gasteiger partial charge in [-0.05, 0) is 52.0 Å². The Balaban J connectivity index is 2.26. The fourth-order valence-electron chi connectivity index (χ4n) is 2.46. The average Bonchev–Trinajstić information content (AvgIpc) is 2.79. The molecule has 0 fully saturated rings. The summed E-state index contributed by atoms with van der Waals surface area (Å²) in [4.78, 5) is 14.3. The van der Waals surface area contributed by atoms with E-state index in [4.69, 9.17) is 11.6 Å². The Morgan fingerprint density at radius 2 is 1.91 bits per heavy atom. The number of hydrogen-bond acceptors (Lipinski definition) is 2. The summed E-state index contributed by atoms with van der Waals surface area (Å²) in [5.74, 6) is 0.00782. The van der Waals surface area contributed by atoms with Crippen LogP contribution in [0.3, 0.4) is 0 Å². The van der Waals surface area contributed by atoms with E-state index in [9.17, 15) is 4.79 Å². The van der Waals surface area contributed by atoms with Crippen LogP contribution >= 0.6 is 11.6 Å². The second-order valence-electron chi connectivity index (χ2n) is 5.72. The molecule has 0 saturated carbocycles. The quantitative estimate of drug-likeness (QED) is 0.771. The van der Waals surface area contributed by atoms with Crippen LogP contribution in [-0.4, -0.2) is 33.7 Å². The first-order valence-electron chi connectivity index (χ1n) is 7.61. The van der Waals surface area contributed by atoms with Crippen molar-refractivity contribution in [3.63, 3.8) is 0 Å². The lowest BCUT2D eigenvalue weighted by molar-refractivity contribution is 0.0778. The SMILES string of the molecule is C=C(C)CN(CC)C(=O)c1ccc(-n2nc(C)c(Cl)c2C)cc1. The van der Waals surface area contributed by atoms with Crippen LogP contribution in [0.25, 0.3) is 5.69 Å². The highest BCUT2D eigenvalue weighted by molar-refractivity contribution is 6.31. The number of rotatable bonds is 5. The number of aryl methyl sites for hydroxylation is 1. The number of halogens is 1. The maximum atomic E-state index is 12.5. The Labute approximate surface area is 142 Å². The zero-order valence-electron chi connectivity index (χ0n) is 14.1.